The standard InChI is InChI=1S/C49H31N7/c1-2-6-21-35-24-12-11-20-33(17-5-1)41-31-40(32-18-7-3-8-19-32)50-48(51-41)55-42-27-15-13-25-36(42)38-29-30-39-37-26-14-16-28-43(37)56(45(39)44(38)55)49-53-46(52-47(35)54-49)34-22-9-4-10-23-34/h1-31H/b2-1-,5-1?,6-2?,12-11?,17-5-,20-11?,21-6-,24-12?,33-17?,33-20?,35-21?,35-24?. The van der Waals surface area contributed by atoms with E-state index in [9.17, 15) is 0 Å². The monoisotopic (exact) mass is 717 g/mol. The fourth-order valence-corrected chi connectivity index (χ4v) is 7.86. The van der Waals surface area contributed by atoms with Gasteiger partial charge in [0.2, 0.25) is 11.6 Å². The first-order valence-corrected chi connectivity index (χ1v) is 18.6. The normalized spacial score (nSPS) is 14.1. The van der Waals surface area contributed by atoms with E-state index in [-0.39, 0.29) is 0 Å². The van der Waals surface area contributed by atoms with E-state index in [2.05, 4.69) is 99.8 Å². The molecule has 0 fully saturated rings. The third-order valence-corrected chi connectivity index (χ3v) is 10.4. The highest BCUT2D eigenvalue weighted by atomic mass is 15.1. The number of aromatic nitrogens is 7. The summed E-state index contributed by atoms with van der Waals surface area (Å²) in [6, 6.07) is 52.1. The number of fused-ring (bicyclic) bond motifs is 19. The lowest BCUT2D eigenvalue weighted by atomic mass is 10.1. The van der Waals surface area contributed by atoms with Crippen molar-refractivity contribution in [2.45, 2.75) is 0 Å². The van der Waals surface area contributed by atoms with Crippen LogP contribution in [-0.2, 0) is 0 Å². The molecule has 1 aliphatic carbocycles. The molecule has 11 rings (SSSR count). The molecule has 0 saturated carbocycles. The molecule has 262 valence electrons. The molecule has 6 bridgehead atoms. The van der Waals surface area contributed by atoms with Gasteiger partial charge in [-0.3, -0.25) is 8.80 Å². The summed E-state index contributed by atoms with van der Waals surface area (Å²) in [5.41, 5.74) is 9.77. The van der Waals surface area contributed by atoms with Gasteiger partial charge in [-0.05, 0) is 18.2 Å². The van der Waals surface area contributed by atoms with Crippen LogP contribution < -0.4 is 0 Å². The number of benzene rings is 5. The summed E-state index contributed by atoms with van der Waals surface area (Å²) in [6.45, 7) is 0. The van der Waals surface area contributed by atoms with Gasteiger partial charge in [-0.15, -0.1) is 0 Å². The van der Waals surface area contributed by atoms with Gasteiger partial charge in [-0.1, -0.05) is 170 Å². The maximum atomic E-state index is 5.41. The highest BCUT2D eigenvalue weighted by molar-refractivity contribution is 6.23. The van der Waals surface area contributed by atoms with E-state index in [0.29, 0.717) is 23.0 Å². The van der Waals surface area contributed by atoms with Crippen molar-refractivity contribution in [3.05, 3.63) is 187 Å². The van der Waals surface area contributed by atoms with E-state index < -0.39 is 0 Å². The molecule has 56 heavy (non-hydrogen) atoms. The Hall–Kier alpha value is -7.77. The van der Waals surface area contributed by atoms with E-state index in [1.807, 2.05) is 97.1 Å². The Morgan fingerprint density at radius 1 is 0.375 bits per heavy atom. The number of para-hydroxylation sites is 2. The number of rotatable bonds is 2. The van der Waals surface area contributed by atoms with Crippen LogP contribution in [0.2, 0.25) is 0 Å². The quantitative estimate of drug-likeness (QED) is 0.178. The molecule has 0 spiro atoms. The maximum Gasteiger partial charge on any atom is 0.238 e. The van der Waals surface area contributed by atoms with Crippen molar-refractivity contribution in [2.75, 3.05) is 0 Å². The Morgan fingerprint density at radius 2 is 0.911 bits per heavy atom. The van der Waals surface area contributed by atoms with Crippen LogP contribution in [0.15, 0.2) is 176 Å². The lowest BCUT2D eigenvalue weighted by molar-refractivity contribution is 1.10. The maximum absolute atomic E-state index is 5.41. The van der Waals surface area contributed by atoms with Gasteiger partial charge in [-0.2, -0.15) is 9.97 Å². The van der Waals surface area contributed by atoms with Crippen molar-refractivity contribution in [1.29, 1.82) is 0 Å². The average molecular weight is 718 g/mol. The van der Waals surface area contributed by atoms with E-state index >= 15 is 0 Å². The number of hydrogen-bond donors (Lipinski definition) is 0. The molecule has 0 aliphatic heterocycles. The molecule has 0 amide bonds. The van der Waals surface area contributed by atoms with Gasteiger partial charge in [-0.25, -0.2) is 15.0 Å². The first kappa shape index (κ1) is 31.7. The van der Waals surface area contributed by atoms with Gasteiger partial charge in [0.05, 0.1) is 33.3 Å². The third kappa shape index (κ3) is 5.17. The van der Waals surface area contributed by atoms with Crippen molar-refractivity contribution >= 4 is 78.5 Å². The predicted molar refractivity (Wildman–Crippen MR) is 229 cm³/mol. The molecular formula is C49H31N7. The van der Waals surface area contributed by atoms with Crippen LogP contribution in [0.1, 0.15) is 11.1 Å². The molecule has 0 unspecified atom stereocenters. The molecule has 1 aliphatic rings. The number of hydrogen-bond acceptors (Lipinski definition) is 5. The summed E-state index contributed by atoms with van der Waals surface area (Å²) >= 11 is 0. The second kappa shape index (κ2) is 13.0. The Balaban J connectivity index is 1.48. The first-order chi connectivity index (χ1) is 27.8. The second-order valence-corrected chi connectivity index (χ2v) is 13.7. The van der Waals surface area contributed by atoms with Crippen LogP contribution in [-0.4, -0.2) is 33.7 Å². The smallest absolute Gasteiger partial charge is 0.238 e. The summed E-state index contributed by atoms with van der Waals surface area (Å²) in [7, 11) is 0. The van der Waals surface area contributed by atoms with Crippen molar-refractivity contribution in [2.24, 2.45) is 0 Å². The van der Waals surface area contributed by atoms with Gasteiger partial charge < -0.3 is 0 Å². The van der Waals surface area contributed by atoms with Gasteiger partial charge in [0.25, 0.3) is 0 Å². The van der Waals surface area contributed by atoms with Gasteiger partial charge in [0.1, 0.15) is 0 Å². The Morgan fingerprint density at radius 3 is 1.57 bits per heavy atom. The van der Waals surface area contributed by atoms with Crippen molar-refractivity contribution in [1.82, 2.24) is 33.7 Å². The lowest BCUT2D eigenvalue weighted by Crippen LogP contribution is -2.00. The van der Waals surface area contributed by atoms with E-state index in [1.165, 1.54) is 0 Å². The fourth-order valence-electron chi connectivity index (χ4n) is 7.86. The Bertz CT molecular complexity index is 3180. The summed E-state index contributed by atoms with van der Waals surface area (Å²) < 4.78 is 4.42. The minimum absolute atomic E-state index is 0.515. The number of allylic oxidation sites excluding steroid dienone is 4. The van der Waals surface area contributed by atoms with Crippen LogP contribution in [0.4, 0.5) is 0 Å². The Kier molecular flexibility index (Phi) is 7.35. The molecule has 0 radical (unpaired) electrons. The molecule has 7 nitrogen and oxygen atoms in total. The number of nitrogens with zero attached hydrogens (tertiary/aromatic N) is 7. The molecular weight excluding hydrogens is 687 g/mol. The zero-order valence-corrected chi connectivity index (χ0v) is 30.0. The fraction of sp³-hybridized carbons (Fsp3) is 0. The third-order valence-electron chi connectivity index (χ3n) is 10.4. The summed E-state index contributed by atoms with van der Waals surface area (Å²) in [5, 5.41) is 4.34. The highest BCUT2D eigenvalue weighted by Crippen LogP contribution is 2.39. The van der Waals surface area contributed by atoms with Crippen molar-refractivity contribution in [3.63, 3.8) is 0 Å². The average Bonchev–Trinajstić information content (AvgIpc) is 3.77. The summed E-state index contributed by atoms with van der Waals surface area (Å²) in [6.07, 6.45) is 12.2. The SMILES string of the molecule is C1=C\C=C/c2ccccc(c3cc(-c4ccccc4)nc(n3)n3c4ccccc4c4ccc5c6ccccc6n(c6nc(-c7ccccc7)nc2n6)c5c43)\C=C/1. The van der Waals surface area contributed by atoms with Crippen LogP contribution in [0.3, 0.4) is 0 Å². The van der Waals surface area contributed by atoms with Crippen LogP contribution >= 0.6 is 0 Å². The summed E-state index contributed by atoms with van der Waals surface area (Å²) in [4.78, 5) is 26.5. The summed E-state index contributed by atoms with van der Waals surface area (Å²) in [5.74, 6) is 1.66. The van der Waals surface area contributed by atoms with E-state index in [0.717, 1.165) is 77.1 Å². The predicted octanol–water partition coefficient (Wildman–Crippen LogP) is 11.5. The zero-order valence-electron chi connectivity index (χ0n) is 30.0. The first-order valence-electron chi connectivity index (χ1n) is 18.6. The largest absolute Gasteiger partial charge is 0.276 e. The minimum atomic E-state index is 0.515. The highest BCUT2D eigenvalue weighted by Gasteiger charge is 2.20. The van der Waals surface area contributed by atoms with Crippen molar-refractivity contribution in [3.8, 4) is 22.6 Å². The second-order valence-electron chi connectivity index (χ2n) is 13.7. The topological polar surface area (TPSA) is 73.3 Å². The van der Waals surface area contributed by atoms with Crippen LogP contribution in [0.5, 0.6) is 0 Å². The van der Waals surface area contributed by atoms with Gasteiger partial charge >= 0.3 is 0 Å². The van der Waals surface area contributed by atoms with Crippen LogP contribution in [0, 0.1) is 0 Å². The molecule has 5 aromatic carbocycles. The van der Waals surface area contributed by atoms with Gasteiger partial charge in [0.15, 0.2) is 11.5 Å². The van der Waals surface area contributed by atoms with Crippen molar-refractivity contribution < 1.29 is 0 Å². The van der Waals surface area contributed by atoms with E-state index in [1.54, 1.807) is 0 Å². The van der Waals surface area contributed by atoms with Crippen LogP contribution in [0.25, 0.3) is 101 Å². The zero-order chi connectivity index (χ0) is 37.0. The molecule has 0 atom stereocenters. The van der Waals surface area contributed by atoms with E-state index in [4.69, 9.17) is 24.9 Å². The van der Waals surface area contributed by atoms with Gasteiger partial charge in [0, 0.05) is 43.8 Å². The lowest BCUT2D eigenvalue weighted by Gasteiger charge is -2.07. The molecule has 0 saturated heterocycles. The molecule has 5 aromatic heterocycles. The molecule has 7 heteroatoms. The molecule has 10 aromatic rings. The Labute approximate surface area is 320 Å². The minimum Gasteiger partial charge on any atom is -0.276 e. The molecule has 5 heterocycles. The molecule has 0 N–H and O–H groups in total.